The third kappa shape index (κ3) is 5.60. The van der Waals surface area contributed by atoms with E-state index in [1.54, 1.807) is 18.9 Å². The van der Waals surface area contributed by atoms with E-state index >= 15 is 0 Å². The van der Waals surface area contributed by atoms with Crippen LogP contribution in [-0.4, -0.2) is 18.8 Å². The van der Waals surface area contributed by atoms with Crippen molar-refractivity contribution in [2.75, 3.05) is 18.2 Å². The Morgan fingerprint density at radius 3 is 2.21 bits per heavy atom. The minimum absolute atomic E-state index is 0.0106. The molecule has 0 aliphatic carbocycles. The number of ether oxygens (including phenoxy) is 1. The summed E-state index contributed by atoms with van der Waals surface area (Å²) in [6, 6.07) is 16.0. The normalized spacial score (nSPS) is 11.2. The molecule has 0 fully saturated rings. The summed E-state index contributed by atoms with van der Waals surface area (Å²) in [5.74, 6) is 2.06. The lowest BCUT2D eigenvalue weighted by Crippen LogP contribution is -2.14. The van der Waals surface area contributed by atoms with Gasteiger partial charge in [0.05, 0.1) is 12.9 Å². The lowest BCUT2D eigenvalue weighted by molar-refractivity contribution is -0.113. The number of anilines is 1. The Morgan fingerprint density at radius 1 is 1.04 bits per heavy atom. The van der Waals surface area contributed by atoms with Gasteiger partial charge in [0.2, 0.25) is 5.91 Å². The van der Waals surface area contributed by atoms with E-state index in [9.17, 15) is 4.79 Å². The smallest absolute Gasteiger partial charge is 0.234 e. The number of hydrogen-bond acceptors (Lipinski definition) is 3. The van der Waals surface area contributed by atoms with Crippen LogP contribution < -0.4 is 10.1 Å². The van der Waals surface area contributed by atoms with Crippen LogP contribution in [0, 0.1) is 0 Å². The molecule has 0 radical (unpaired) electrons. The molecule has 0 aliphatic heterocycles. The van der Waals surface area contributed by atoms with Gasteiger partial charge in [0.1, 0.15) is 5.75 Å². The van der Waals surface area contributed by atoms with Crippen molar-refractivity contribution in [2.45, 2.75) is 31.9 Å². The predicted molar refractivity (Wildman–Crippen MR) is 103 cm³/mol. The Labute approximate surface area is 148 Å². The van der Waals surface area contributed by atoms with Crippen molar-refractivity contribution in [1.29, 1.82) is 0 Å². The van der Waals surface area contributed by atoms with Crippen LogP contribution in [-0.2, 0) is 16.0 Å². The van der Waals surface area contributed by atoms with Crippen LogP contribution in [0.5, 0.6) is 5.75 Å². The number of nitrogens with one attached hydrogen (secondary N) is 1. The number of carbonyl (C=O) groups excluding carboxylic acids is 1. The first-order valence-corrected chi connectivity index (χ1v) is 9.15. The zero-order valence-electron chi connectivity index (χ0n) is 14.8. The number of methoxy groups -OCH3 is 1. The fourth-order valence-corrected chi connectivity index (χ4v) is 3.02. The van der Waals surface area contributed by atoms with Crippen molar-refractivity contribution >= 4 is 23.4 Å². The van der Waals surface area contributed by atoms with Crippen LogP contribution in [0.1, 0.15) is 31.9 Å². The standard InChI is InChI=1S/C20H25NO2S/c1-20(2,3)16-7-5-15(6-8-16)13-24-14-19(22)21-17-9-11-18(23-4)12-10-17/h5-12H,13-14H2,1-4H3,(H,21,22). The van der Waals surface area contributed by atoms with E-state index in [-0.39, 0.29) is 11.3 Å². The molecule has 2 rings (SSSR count). The van der Waals surface area contributed by atoms with Crippen LogP contribution in [0.3, 0.4) is 0 Å². The first-order chi connectivity index (χ1) is 11.4. The van der Waals surface area contributed by atoms with Gasteiger partial charge in [-0.1, -0.05) is 45.0 Å². The number of rotatable bonds is 6. The Hall–Kier alpha value is -1.94. The van der Waals surface area contributed by atoms with Crippen LogP contribution in [0.4, 0.5) is 5.69 Å². The van der Waals surface area contributed by atoms with E-state index in [2.05, 4.69) is 50.4 Å². The number of benzene rings is 2. The van der Waals surface area contributed by atoms with Gasteiger partial charge in [-0.2, -0.15) is 0 Å². The summed E-state index contributed by atoms with van der Waals surface area (Å²) < 4.78 is 5.10. The van der Waals surface area contributed by atoms with Gasteiger partial charge in [-0.25, -0.2) is 0 Å². The lowest BCUT2D eigenvalue weighted by atomic mass is 9.87. The van der Waals surface area contributed by atoms with Crippen LogP contribution in [0.2, 0.25) is 0 Å². The highest BCUT2D eigenvalue weighted by Gasteiger charge is 2.12. The summed E-state index contributed by atoms with van der Waals surface area (Å²) in [5, 5.41) is 2.89. The largest absolute Gasteiger partial charge is 0.497 e. The maximum atomic E-state index is 12.0. The third-order valence-electron chi connectivity index (χ3n) is 3.70. The van der Waals surface area contributed by atoms with Gasteiger partial charge in [-0.05, 0) is 40.8 Å². The fourth-order valence-electron chi connectivity index (χ4n) is 2.23. The zero-order valence-corrected chi connectivity index (χ0v) is 15.6. The molecule has 24 heavy (non-hydrogen) atoms. The molecule has 0 unspecified atom stereocenters. The van der Waals surface area contributed by atoms with Gasteiger partial charge in [0, 0.05) is 11.4 Å². The Balaban J connectivity index is 1.77. The number of amides is 1. The second-order valence-corrected chi connectivity index (χ2v) is 7.70. The van der Waals surface area contributed by atoms with E-state index in [0.29, 0.717) is 5.75 Å². The van der Waals surface area contributed by atoms with Crippen molar-refractivity contribution in [3.05, 3.63) is 59.7 Å². The van der Waals surface area contributed by atoms with E-state index in [1.165, 1.54) is 11.1 Å². The zero-order chi connectivity index (χ0) is 17.6. The summed E-state index contributed by atoms with van der Waals surface area (Å²) in [7, 11) is 1.62. The molecule has 128 valence electrons. The average Bonchev–Trinajstić information content (AvgIpc) is 2.55. The maximum absolute atomic E-state index is 12.0. The molecule has 0 spiro atoms. The lowest BCUT2D eigenvalue weighted by Gasteiger charge is -2.19. The number of thioether (sulfide) groups is 1. The highest BCUT2D eigenvalue weighted by Crippen LogP contribution is 2.23. The molecule has 2 aromatic carbocycles. The molecule has 0 heterocycles. The maximum Gasteiger partial charge on any atom is 0.234 e. The van der Waals surface area contributed by atoms with E-state index in [4.69, 9.17) is 4.74 Å². The summed E-state index contributed by atoms with van der Waals surface area (Å²) in [6.07, 6.45) is 0. The molecule has 0 saturated carbocycles. The molecule has 1 amide bonds. The van der Waals surface area contributed by atoms with E-state index < -0.39 is 0 Å². The molecule has 4 heteroatoms. The Morgan fingerprint density at radius 2 is 1.67 bits per heavy atom. The molecule has 0 aromatic heterocycles. The van der Waals surface area contributed by atoms with Gasteiger partial charge < -0.3 is 10.1 Å². The molecule has 2 aromatic rings. The summed E-state index contributed by atoms with van der Waals surface area (Å²) in [4.78, 5) is 12.0. The van der Waals surface area contributed by atoms with Gasteiger partial charge >= 0.3 is 0 Å². The molecule has 0 aliphatic rings. The van der Waals surface area contributed by atoms with E-state index in [0.717, 1.165) is 17.2 Å². The van der Waals surface area contributed by atoms with Crippen molar-refractivity contribution in [1.82, 2.24) is 0 Å². The molecule has 0 atom stereocenters. The SMILES string of the molecule is COc1ccc(NC(=O)CSCc2ccc(C(C)(C)C)cc2)cc1. The van der Waals surface area contributed by atoms with Crippen molar-refractivity contribution in [3.8, 4) is 5.75 Å². The predicted octanol–water partition coefficient (Wildman–Crippen LogP) is 4.86. The monoisotopic (exact) mass is 343 g/mol. The molecular weight excluding hydrogens is 318 g/mol. The second-order valence-electron chi connectivity index (χ2n) is 6.72. The summed E-state index contributed by atoms with van der Waals surface area (Å²) in [5.41, 5.74) is 3.53. The average molecular weight is 343 g/mol. The van der Waals surface area contributed by atoms with Crippen molar-refractivity contribution in [2.24, 2.45) is 0 Å². The Kier molecular flexibility index (Phi) is 6.32. The minimum Gasteiger partial charge on any atom is -0.497 e. The number of hydrogen-bond donors (Lipinski definition) is 1. The van der Waals surface area contributed by atoms with Gasteiger partial charge in [-0.15, -0.1) is 11.8 Å². The quantitative estimate of drug-likeness (QED) is 0.813. The first-order valence-electron chi connectivity index (χ1n) is 7.99. The molecule has 0 bridgehead atoms. The highest BCUT2D eigenvalue weighted by molar-refractivity contribution is 7.99. The van der Waals surface area contributed by atoms with Crippen LogP contribution in [0.25, 0.3) is 0 Å². The second kappa shape index (κ2) is 8.25. The van der Waals surface area contributed by atoms with Crippen LogP contribution in [0.15, 0.2) is 48.5 Å². The summed E-state index contributed by atoms with van der Waals surface area (Å²) in [6.45, 7) is 6.63. The van der Waals surface area contributed by atoms with Gasteiger partial charge in [-0.3, -0.25) is 4.79 Å². The molecular formula is C20H25NO2S. The highest BCUT2D eigenvalue weighted by atomic mass is 32.2. The number of carbonyl (C=O) groups is 1. The minimum atomic E-state index is 0.0106. The topological polar surface area (TPSA) is 38.3 Å². The van der Waals surface area contributed by atoms with Crippen LogP contribution >= 0.6 is 11.8 Å². The third-order valence-corrected chi connectivity index (χ3v) is 4.70. The van der Waals surface area contributed by atoms with Crippen molar-refractivity contribution < 1.29 is 9.53 Å². The molecule has 0 saturated heterocycles. The summed E-state index contributed by atoms with van der Waals surface area (Å²) >= 11 is 1.62. The first kappa shape index (κ1) is 18.4. The van der Waals surface area contributed by atoms with Gasteiger partial charge in [0.25, 0.3) is 0 Å². The molecule has 3 nitrogen and oxygen atoms in total. The van der Waals surface area contributed by atoms with Gasteiger partial charge in [0.15, 0.2) is 0 Å². The molecule has 1 N–H and O–H groups in total. The van der Waals surface area contributed by atoms with Crippen molar-refractivity contribution in [3.63, 3.8) is 0 Å². The fraction of sp³-hybridized carbons (Fsp3) is 0.350. The van der Waals surface area contributed by atoms with E-state index in [1.807, 2.05) is 24.3 Å². The Bertz CT molecular complexity index is 658.